The van der Waals surface area contributed by atoms with Crippen molar-refractivity contribution in [3.8, 4) is 0 Å². The van der Waals surface area contributed by atoms with Crippen LogP contribution in [0.25, 0.3) is 0 Å². The van der Waals surface area contributed by atoms with Crippen molar-refractivity contribution in [1.29, 1.82) is 0 Å². The smallest absolute Gasteiger partial charge is 0.303 e. The normalized spacial score (nSPS) is 11.8. The van der Waals surface area contributed by atoms with Gasteiger partial charge >= 0.3 is 11.9 Å². The Labute approximate surface area is 321 Å². The van der Waals surface area contributed by atoms with Crippen molar-refractivity contribution in [3.05, 3.63) is 24.3 Å². The largest absolute Gasteiger partial charge is 0.481 e. The lowest BCUT2D eigenvalue weighted by Crippen LogP contribution is -2.34. The number of carboxylic acids is 2. The summed E-state index contributed by atoms with van der Waals surface area (Å²) in [7, 11) is 4.09. The van der Waals surface area contributed by atoms with E-state index in [0.29, 0.717) is 25.2 Å². The maximum absolute atomic E-state index is 13.0. The molecule has 0 spiro atoms. The van der Waals surface area contributed by atoms with Gasteiger partial charge in [0.25, 0.3) is 0 Å². The highest BCUT2D eigenvalue weighted by Gasteiger charge is 2.13. The fraction of sp³-hybridized carbons (Fsp3) is 0.844. The predicted molar refractivity (Wildman–Crippen MR) is 221 cm³/mol. The number of hydrogen-bond acceptors (Lipinski definition) is 4. The zero-order valence-electron chi connectivity index (χ0n) is 34.3. The molecule has 0 saturated heterocycles. The number of amides is 1. The highest BCUT2D eigenvalue weighted by molar-refractivity contribution is 5.76. The van der Waals surface area contributed by atoms with Gasteiger partial charge < -0.3 is 20.0 Å². The molecular formula is C45H84N2O5. The topological polar surface area (TPSA) is 98.2 Å². The zero-order chi connectivity index (χ0) is 38.2. The Hall–Kier alpha value is -2.15. The first-order valence-electron chi connectivity index (χ1n) is 22.0. The second-order valence-corrected chi connectivity index (χ2v) is 15.5. The molecule has 2 N–H and O–H groups in total. The third kappa shape index (κ3) is 40.6. The van der Waals surface area contributed by atoms with Gasteiger partial charge in [0.2, 0.25) is 5.91 Å². The SMILES string of the molecule is CN(C)CCC(=O)N(CCCCCCCCCC/C=C\CCCCCCCC(=O)O)CCCCCCCCCC/C=C\CCCCCCCC(=O)O. The second kappa shape index (κ2) is 40.0. The molecule has 304 valence electrons. The molecule has 7 heteroatoms. The summed E-state index contributed by atoms with van der Waals surface area (Å²) >= 11 is 0. The molecule has 0 aromatic carbocycles. The number of aliphatic carboxylic acids is 2. The molecule has 0 aliphatic heterocycles. The molecule has 0 unspecified atom stereocenters. The molecule has 0 bridgehead atoms. The lowest BCUT2D eigenvalue weighted by Gasteiger charge is -2.24. The number of carbonyl (C=O) groups excluding carboxylic acids is 1. The van der Waals surface area contributed by atoms with Gasteiger partial charge in [0.15, 0.2) is 0 Å². The van der Waals surface area contributed by atoms with Crippen molar-refractivity contribution in [3.63, 3.8) is 0 Å². The third-order valence-electron chi connectivity index (χ3n) is 10.1. The van der Waals surface area contributed by atoms with Gasteiger partial charge in [0.05, 0.1) is 0 Å². The van der Waals surface area contributed by atoms with Crippen LogP contribution in [0.3, 0.4) is 0 Å². The number of unbranched alkanes of at least 4 members (excludes halogenated alkanes) is 26. The third-order valence-corrected chi connectivity index (χ3v) is 10.1. The molecule has 0 aliphatic carbocycles. The average Bonchev–Trinajstić information content (AvgIpc) is 3.11. The summed E-state index contributed by atoms with van der Waals surface area (Å²) in [6, 6.07) is 0. The van der Waals surface area contributed by atoms with Gasteiger partial charge in [0.1, 0.15) is 0 Å². The Morgan fingerprint density at radius 3 is 0.923 bits per heavy atom. The molecule has 0 heterocycles. The van der Waals surface area contributed by atoms with E-state index in [1.54, 1.807) is 0 Å². The van der Waals surface area contributed by atoms with Crippen LogP contribution in [-0.2, 0) is 14.4 Å². The number of carboxylic acid groups (broad SMARTS) is 2. The van der Waals surface area contributed by atoms with Crippen molar-refractivity contribution in [2.75, 3.05) is 33.7 Å². The molecule has 0 saturated carbocycles. The number of allylic oxidation sites excluding steroid dienone is 4. The first kappa shape index (κ1) is 49.9. The van der Waals surface area contributed by atoms with E-state index in [1.807, 2.05) is 14.1 Å². The van der Waals surface area contributed by atoms with E-state index in [1.165, 1.54) is 128 Å². The molecule has 0 atom stereocenters. The van der Waals surface area contributed by atoms with E-state index in [4.69, 9.17) is 10.2 Å². The summed E-state index contributed by atoms with van der Waals surface area (Å²) in [5, 5.41) is 17.3. The summed E-state index contributed by atoms with van der Waals surface area (Å²) in [6.45, 7) is 2.68. The van der Waals surface area contributed by atoms with Crippen LogP contribution in [0.2, 0.25) is 0 Å². The van der Waals surface area contributed by atoms with Crippen molar-refractivity contribution in [2.45, 2.75) is 212 Å². The van der Waals surface area contributed by atoms with Crippen LogP contribution in [-0.4, -0.2) is 71.6 Å². The van der Waals surface area contributed by atoms with Gasteiger partial charge in [0, 0.05) is 38.9 Å². The van der Waals surface area contributed by atoms with Crippen LogP contribution in [0.4, 0.5) is 0 Å². The minimum atomic E-state index is -0.676. The van der Waals surface area contributed by atoms with E-state index in [-0.39, 0.29) is 0 Å². The molecule has 0 rings (SSSR count). The molecule has 1 amide bonds. The fourth-order valence-electron chi connectivity index (χ4n) is 6.70. The van der Waals surface area contributed by atoms with Gasteiger partial charge in [-0.25, -0.2) is 0 Å². The van der Waals surface area contributed by atoms with Crippen LogP contribution in [0.5, 0.6) is 0 Å². The lowest BCUT2D eigenvalue weighted by atomic mass is 10.1. The molecule has 52 heavy (non-hydrogen) atoms. The minimum absolute atomic E-state index is 0.311. The van der Waals surface area contributed by atoms with Crippen LogP contribution < -0.4 is 0 Å². The molecule has 0 radical (unpaired) electrons. The second-order valence-electron chi connectivity index (χ2n) is 15.5. The Kier molecular flexibility index (Phi) is 38.4. The standard InChI is InChI=1S/C45H84N2O5/c1-46(2)42-39-43(48)47(40-35-31-27-23-19-15-11-7-3-5-9-13-17-21-25-29-33-37-44(49)50)41-36-32-28-24-20-16-12-8-4-6-10-14-18-22-26-30-34-38-45(51)52/h5-6,9-10H,3-4,7-8,11-42H2,1-2H3,(H,49,50)(H,51,52)/b9-5-,10-6-. The number of hydrogen-bond donors (Lipinski definition) is 2. The van der Waals surface area contributed by atoms with Gasteiger partial charge in [-0.2, -0.15) is 0 Å². The lowest BCUT2D eigenvalue weighted by molar-refractivity contribution is -0.138. The molecule has 7 nitrogen and oxygen atoms in total. The zero-order valence-corrected chi connectivity index (χ0v) is 34.3. The molecular weight excluding hydrogens is 649 g/mol. The summed E-state index contributed by atoms with van der Waals surface area (Å²) in [4.78, 5) is 38.3. The monoisotopic (exact) mass is 733 g/mol. The van der Waals surface area contributed by atoms with Crippen LogP contribution in [0.15, 0.2) is 24.3 Å². The Morgan fingerprint density at radius 1 is 0.365 bits per heavy atom. The van der Waals surface area contributed by atoms with Gasteiger partial charge in [-0.1, -0.05) is 140 Å². The highest BCUT2D eigenvalue weighted by atomic mass is 16.4. The van der Waals surface area contributed by atoms with E-state index in [9.17, 15) is 14.4 Å². The van der Waals surface area contributed by atoms with E-state index >= 15 is 0 Å². The van der Waals surface area contributed by atoms with E-state index < -0.39 is 11.9 Å². The summed E-state index contributed by atoms with van der Waals surface area (Å²) < 4.78 is 0. The molecule has 0 aromatic rings. The van der Waals surface area contributed by atoms with Gasteiger partial charge in [-0.15, -0.1) is 0 Å². The Morgan fingerprint density at radius 2 is 0.635 bits per heavy atom. The number of rotatable bonds is 41. The number of carbonyl (C=O) groups is 3. The van der Waals surface area contributed by atoms with Crippen LogP contribution in [0.1, 0.15) is 212 Å². The van der Waals surface area contributed by atoms with Gasteiger partial charge in [-0.3, -0.25) is 14.4 Å². The Balaban J connectivity index is 3.77. The van der Waals surface area contributed by atoms with Crippen LogP contribution in [0, 0.1) is 0 Å². The highest BCUT2D eigenvalue weighted by Crippen LogP contribution is 2.14. The predicted octanol–water partition coefficient (Wildman–Crippen LogP) is 12.5. The number of nitrogens with zero attached hydrogens (tertiary/aromatic N) is 2. The van der Waals surface area contributed by atoms with E-state index in [2.05, 4.69) is 34.1 Å². The van der Waals surface area contributed by atoms with Gasteiger partial charge in [-0.05, 0) is 91.1 Å². The minimum Gasteiger partial charge on any atom is -0.481 e. The van der Waals surface area contributed by atoms with Crippen molar-refractivity contribution < 1.29 is 24.6 Å². The first-order valence-corrected chi connectivity index (χ1v) is 22.0. The summed E-state index contributed by atoms with van der Waals surface area (Å²) in [5.74, 6) is -1.02. The van der Waals surface area contributed by atoms with Crippen molar-refractivity contribution in [1.82, 2.24) is 9.80 Å². The first-order chi connectivity index (χ1) is 25.3. The summed E-state index contributed by atoms with van der Waals surface area (Å²) in [5.41, 5.74) is 0. The average molecular weight is 733 g/mol. The van der Waals surface area contributed by atoms with E-state index in [0.717, 1.165) is 83.8 Å². The molecule has 0 fully saturated rings. The summed E-state index contributed by atoms with van der Waals surface area (Å²) in [6.07, 6.45) is 46.6. The quantitative estimate of drug-likeness (QED) is 0.0480. The maximum Gasteiger partial charge on any atom is 0.303 e. The Bertz CT molecular complexity index is 814. The maximum atomic E-state index is 13.0. The molecule has 0 aromatic heterocycles. The van der Waals surface area contributed by atoms with Crippen molar-refractivity contribution >= 4 is 17.8 Å². The van der Waals surface area contributed by atoms with Crippen molar-refractivity contribution in [2.24, 2.45) is 0 Å². The fourth-order valence-corrected chi connectivity index (χ4v) is 6.70. The molecule has 0 aliphatic rings. The van der Waals surface area contributed by atoms with Crippen LogP contribution >= 0.6 is 0 Å².